The number of esters is 1. The SMILES string of the molecule is CCCCCCCCCCCCCCCCCCSCC(CN1C=CSC1)OC(C)=O.I. The van der Waals surface area contributed by atoms with E-state index in [1.165, 1.54) is 115 Å². The number of nitrogens with zero attached hydrogens (tertiary/aromatic N) is 1. The molecule has 0 amide bonds. The fraction of sp³-hybridized carbons (Fsp3) is 0.885. The number of halogens is 1. The van der Waals surface area contributed by atoms with Gasteiger partial charge in [0.05, 0.1) is 12.4 Å². The molecule has 6 heteroatoms. The molecule has 0 aromatic rings. The Balaban J connectivity index is 0.00000961. The van der Waals surface area contributed by atoms with Gasteiger partial charge in [0.25, 0.3) is 0 Å². The molecule has 0 fully saturated rings. The highest BCUT2D eigenvalue weighted by Gasteiger charge is 2.16. The molecule has 0 radical (unpaired) electrons. The zero-order chi connectivity index (χ0) is 22.4. The molecule has 0 bridgehead atoms. The second-order valence-electron chi connectivity index (χ2n) is 8.96. The number of carbonyl (C=O) groups is 1. The lowest BCUT2D eigenvalue weighted by Gasteiger charge is -2.22. The summed E-state index contributed by atoms with van der Waals surface area (Å²) < 4.78 is 5.50. The molecule has 1 aliphatic rings. The van der Waals surface area contributed by atoms with E-state index < -0.39 is 0 Å². The average Bonchev–Trinajstić information content (AvgIpc) is 3.25. The van der Waals surface area contributed by atoms with Crippen LogP contribution in [0.25, 0.3) is 0 Å². The first-order valence-electron chi connectivity index (χ1n) is 13.0. The highest BCUT2D eigenvalue weighted by atomic mass is 127. The lowest BCUT2D eigenvalue weighted by Crippen LogP contribution is -2.32. The van der Waals surface area contributed by atoms with Crippen molar-refractivity contribution < 1.29 is 9.53 Å². The van der Waals surface area contributed by atoms with Crippen LogP contribution < -0.4 is 0 Å². The molecule has 0 spiro atoms. The van der Waals surface area contributed by atoms with Gasteiger partial charge < -0.3 is 9.64 Å². The monoisotopic (exact) mass is 599 g/mol. The van der Waals surface area contributed by atoms with Crippen LogP contribution in [0.15, 0.2) is 11.6 Å². The van der Waals surface area contributed by atoms with Gasteiger partial charge in [0.15, 0.2) is 0 Å². The van der Waals surface area contributed by atoms with Gasteiger partial charge in [-0.15, -0.1) is 35.7 Å². The Morgan fingerprint density at radius 3 is 1.84 bits per heavy atom. The Morgan fingerprint density at radius 2 is 1.41 bits per heavy atom. The molecular weight excluding hydrogens is 549 g/mol. The maximum atomic E-state index is 11.3. The first-order chi connectivity index (χ1) is 15.2. The van der Waals surface area contributed by atoms with Crippen LogP contribution in [0.2, 0.25) is 0 Å². The number of unbranched alkanes of at least 4 members (excludes halogenated alkanes) is 15. The molecule has 3 nitrogen and oxygen atoms in total. The van der Waals surface area contributed by atoms with Crippen molar-refractivity contribution in [2.24, 2.45) is 0 Å². The molecule has 1 aliphatic heterocycles. The Kier molecular flexibility index (Phi) is 24.9. The minimum atomic E-state index is -0.163. The van der Waals surface area contributed by atoms with Crippen LogP contribution in [0.1, 0.15) is 117 Å². The van der Waals surface area contributed by atoms with Crippen LogP contribution >= 0.6 is 47.5 Å². The zero-order valence-electron chi connectivity index (χ0n) is 20.9. The maximum Gasteiger partial charge on any atom is 0.302 e. The fourth-order valence-corrected chi connectivity index (χ4v) is 5.75. The first-order valence-corrected chi connectivity index (χ1v) is 15.2. The number of thioether (sulfide) groups is 2. The van der Waals surface area contributed by atoms with E-state index in [4.69, 9.17) is 4.74 Å². The standard InChI is InChI=1S/C26H49NO2S2.HI/c1-3-4-5-6-7-8-9-10-11-12-13-14-15-16-17-18-20-30-23-26(29-25(2)28)22-27-19-21-31-24-27;/h19,21,26H,3-18,20,22-24H2,1-2H3;1H. The van der Waals surface area contributed by atoms with Gasteiger partial charge in [-0.1, -0.05) is 103 Å². The molecule has 0 aliphatic carbocycles. The normalized spacial score (nSPS) is 13.9. The molecule has 1 rings (SSSR count). The maximum absolute atomic E-state index is 11.3. The van der Waals surface area contributed by atoms with Crippen LogP contribution in [0.3, 0.4) is 0 Å². The predicted octanol–water partition coefficient (Wildman–Crippen LogP) is 9.01. The van der Waals surface area contributed by atoms with Gasteiger partial charge in [-0.2, -0.15) is 11.8 Å². The minimum absolute atomic E-state index is 0. The summed E-state index contributed by atoms with van der Waals surface area (Å²) in [6, 6.07) is 0. The van der Waals surface area contributed by atoms with E-state index in [0.717, 1.165) is 18.2 Å². The van der Waals surface area contributed by atoms with Crippen molar-refractivity contribution in [2.45, 2.75) is 123 Å². The van der Waals surface area contributed by atoms with E-state index in [0.29, 0.717) is 0 Å². The van der Waals surface area contributed by atoms with Crippen molar-refractivity contribution in [3.63, 3.8) is 0 Å². The largest absolute Gasteiger partial charge is 0.460 e. The third-order valence-electron chi connectivity index (χ3n) is 5.83. The van der Waals surface area contributed by atoms with Crippen LogP contribution in [0.4, 0.5) is 0 Å². The van der Waals surface area contributed by atoms with Gasteiger partial charge in [-0.05, 0) is 17.6 Å². The molecule has 0 N–H and O–H groups in total. The van der Waals surface area contributed by atoms with E-state index in [1.807, 2.05) is 11.8 Å². The lowest BCUT2D eigenvalue weighted by molar-refractivity contribution is -0.145. The average molecular weight is 600 g/mol. The zero-order valence-corrected chi connectivity index (χ0v) is 24.8. The van der Waals surface area contributed by atoms with E-state index in [9.17, 15) is 4.79 Å². The van der Waals surface area contributed by atoms with Gasteiger partial charge in [0.1, 0.15) is 6.10 Å². The van der Waals surface area contributed by atoms with Gasteiger partial charge in [-0.25, -0.2) is 0 Å². The summed E-state index contributed by atoms with van der Waals surface area (Å²) in [7, 11) is 0. The van der Waals surface area contributed by atoms with Crippen molar-refractivity contribution >= 4 is 53.5 Å². The van der Waals surface area contributed by atoms with Crippen LogP contribution in [0, 0.1) is 0 Å². The number of hydrogen-bond donors (Lipinski definition) is 0. The molecule has 190 valence electrons. The van der Waals surface area contributed by atoms with E-state index in [1.54, 1.807) is 11.8 Å². The second-order valence-corrected chi connectivity index (χ2v) is 11.0. The minimum Gasteiger partial charge on any atom is -0.460 e. The van der Waals surface area contributed by atoms with Crippen LogP contribution in [-0.2, 0) is 9.53 Å². The molecule has 1 atom stereocenters. The Morgan fingerprint density at radius 1 is 0.906 bits per heavy atom. The summed E-state index contributed by atoms with van der Waals surface area (Å²) >= 11 is 3.73. The third-order valence-corrected chi connectivity index (χ3v) is 7.80. The summed E-state index contributed by atoms with van der Waals surface area (Å²) in [5, 5.41) is 2.11. The Hall–Kier alpha value is 0.440. The molecule has 1 heterocycles. The summed E-state index contributed by atoms with van der Waals surface area (Å²) in [4.78, 5) is 13.6. The number of ether oxygens (including phenoxy) is 1. The van der Waals surface area contributed by atoms with Crippen molar-refractivity contribution in [2.75, 3.05) is 23.9 Å². The Bertz CT molecular complexity index is 452. The third kappa shape index (κ3) is 21.0. The smallest absolute Gasteiger partial charge is 0.302 e. The molecule has 1 unspecified atom stereocenters. The van der Waals surface area contributed by atoms with Gasteiger partial charge in [0.2, 0.25) is 0 Å². The van der Waals surface area contributed by atoms with Gasteiger partial charge >= 0.3 is 5.97 Å². The fourth-order valence-electron chi connectivity index (χ4n) is 4.01. The number of hydrogen-bond acceptors (Lipinski definition) is 5. The van der Waals surface area contributed by atoms with Gasteiger partial charge in [-0.3, -0.25) is 4.79 Å². The molecule has 0 aromatic carbocycles. The number of carbonyl (C=O) groups excluding carboxylic acids is 1. The van der Waals surface area contributed by atoms with Crippen LogP contribution in [0.5, 0.6) is 0 Å². The predicted molar refractivity (Wildman–Crippen MR) is 156 cm³/mol. The van der Waals surface area contributed by atoms with E-state index in [-0.39, 0.29) is 36.0 Å². The molecule has 0 saturated carbocycles. The van der Waals surface area contributed by atoms with Crippen molar-refractivity contribution in [1.82, 2.24) is 4.90 Å². The second kappa shape index (κ2) is 24.6. The van der Waals surface area contributed by atoms with Crippen molar-refractivity contribution in [3.8, 4) is 0 Å². The molecule has 0 saturated heterocycles. The molecule has 0 aromatic heterocycles. The lowest BCUT2D eigenvalue weighted by atomic mass is 10.0. The topological polar surface area (TPSA) is 29.5 Å². The number of rotatable bonds is 22. The molecular formula is C26H50INO2S2. The van der Waals surface area contributed by atoms with Crippen molar-refractivity contribution in [1.29, 1.82) is 0 Å². The van der Waals surface area contributed by atoms with E-state index in [2.05, 4.69) is 23.4 Å². The quantitative estimate of drug-likeness (QED) is 0.0704. The van der Waals surface area contributed by atoms with Crippen LogP contribution in [-0.4, -0.2) is 40.9 Å². The highest BCUT2D eigenvalue weighted by Crippen LogP contribution is 2.18. The Labute approximate surface area is 225 Å². The summed E-state index contributed by atoms with van der Waals surface area (Å²) in [6.07, 6.45) is 24.7. The summed E-state index contributed by atoms with van der Waals surface area (Å²) in [6.45, 7) is 4.62. The first kappa shape index (κ1) is 32.4. The van der Waals surface area contributed by atoms with E-state index >= 15 is 0 Å². The molecule has 32 heavy (non-hydrogen) atoms. The summed E-state index contributed by atoms with van der Waals surface area (Å²) in [5.41, 5.74) is 0. The van der Waals surface area contributed by atoms with Gasteiger partial charge in [0, 0.05) is 18.9 Å². The highest BCUT2D eigenvalue weighted by molar-refractivity contribution is 14.0. The summed E-state index contributed by atoms with van der Waals surface area (Å²) in [5.74, 6) is 2.90. The van der Waals surface area contributed by atoms with Crippen molar-refractivity contribution in [3.05, 3.63) is 11.6 Å².